The predicted octanol–water partition coefficient (Wildman–Crippen LogP) is 2.50. The lowest BCUT2D eigenvalue weighted by Crippen LogP contribution is -2.46. The Labute approximate surface area is 138 Å². The summed E-state index contributed by atoms with van der Waals surface area (Å²) in [5.41, 5.74) is 2.09. The van der Waals surface area contributed by atoms with Gasteiger partial charge in [-0.05, 0) is 0 Å². The van der Waals surface area contributed by atoms with E-state index in [0.29, 0.717) is 19.8 Å². The third-order valence-corrected chi connectivity index (χ3v) is 5.25. The minimum atomic E-state index is -0.116. The van der Waals surface area contributed by atoms with Gasteiger partial charge in [0, 0.05) is 30.5 Å². The average Bonchev–Trinajstić information content (AvgIpc) is 3.25. The molecule has 1 aromatic carbocycles. The molecular formula is C17H18N2O3S. The Balaban J connectivity index is 1.50. The van der Waals surface area contributed by atoms with Crippen LogP contribution in [-0.2, 0) is 14.3 Å². The van der Waals surface area contributed by atoms with Crippen LogP contribution in [0.3, 0.4) is 0 Å². The van der Waals surface area contributed by atoms with E-state index in [1.54, 1.807) is 11.3 Å². The number of ether oxygens (including phenoxy) is 2. The minimum absolute atomic E-state index is 0.0698. The predicted molar refractivity (Wildman–Crippen MR) is 87.2 cm³/mol. The van der Waals surface area contributed by atoms with Gasteiger partial charge in [-0.25, -0.2) is 4.98 Å². The van der Waals surface area contributed by atoms with Gasteiger partial charge in [-0.2, -0.15) is 0 Å². The summed E-state index contributed by atoms with van der Waals surface area (Å²) in [5, 5.41) is 3.04. The second-order valence-electron chi connectivity index (χ2n) is 5.76. The molecule has 23 heavy (non-hydrogen) atoms. The highest BCUT2D eigenvalue weighted by molar-refractivity contribution is 7.10. The van der Waals surface area contributed by atoms with E-state index in [1.165, 1.54) is 0 Å². The SMILES string of the molecule is O=C1OCC[C@@H]1N1CCO[C@H](c2nc(-c3ccccc3)cs2)C1. The third kappa shape index (κ3) is 3.02. The van der Waals surface area contributed by atoms with Gasteiger partial charge in [0.15, 0.2) is 0 Å². The first-order valence-corrected chi connectivity index (χ1v) is 8.72. The lowest BCUT2D eigenvalue weighted by atomic mass is 10.1. The molecule has 2 atom stereocenters. The van der Waals surface area contributed by atoms with Crippen LogP contribution >= 0.6 is 11.3 Å². The summed E-state index contributed by atoms with van der Waals surface area (Å²) in [6.45, 7) is 2.62. The zero-order chi connectivity index (χ0) is 15.6. The molecule has 2 fully saturated rings. The first-order chi connectivity index (χ1) is 11.3. The quantitative estimate of drug-likeness (QED) is 0.810. The third-order valence-electron chi connectivity index (χ3n) is 4.31. The summed E-state index contributed by atoms with van der Waals surface area (Å²) in [4.78, 5) is 18.7. The number of rotatable bonds is 3. The number of esters is 1. The molecule has 0 spiro atoms. The molecule has 0 radical (unpaired) electrons. The van der Waals surface area contributed by atoms with E-state index in [4.69, 9.17) is 14.5 Å². The maximum absolute atomic E-state index is 11.8. The van der Waals surface area contributed by atoms with E-state index >= 15 is 0 Å². The Morgan fingerprint density at radius 1 is 1.22 bits per heavy atom. The van der Waals surface area contributed by atoms with Crippen molar-refractivity contribution in [1.82, 2.24) is 9.88 Å². The molecule has 3 heterocycles. The smallest absolute Gasteiger partial charge is 0.323 e. The Morgan fingerprint density at radius 2 is 2.09 bits per heavy atom. The zero-order valence-corrected chi connectivity index (χ0v) is 13.5. The number of carbonyl (C=O) groups is 1. The fourth-order valence-electron chi connectivity index (χ4n) is 3.10. The fraction of sp³-hybridized carbons (Fsp3) is 0.412. The summed E-state index contributed by atoms with van der Waals surface area (Å²) in [7, 11) is 0. The monoisotopic (exact) mass is 330 g/mol. The van der Waals surface area contributed by atoms with Crippen molar-refractivity contribution in [2.75, 3.05) is 26.3 Å². The lowest BCUT2D eigenvalue weighted by Gasteiger charge is -2.34. The van der Waals surface area contributed by atoms with Gasteiger partial charge in [0.05, 0.1) is 18.9 Å². The molecule has 1 aromatic heterocycles. The Kier molecular flexibility index (Phi) is 4.11. The molecule has 0 unspecified atom stereocenters. The van der Waals surface area contributed by atoms with Crippen LogP contribution in [-0.4, -0.2) is 48.2 Å². The fourth-order valence-corrected chi connectivity index (χ4v) is 3.96. The van der Waals surface area contributed by atoms with Crippen LogP contribution in [0.15, 0.2) is 35.7 Å². The first kappa shape index (κ1) is 14.8. The van der Waals surface area contributed by atoms with Gasteiger partial charge >= 0.3 is 5.97 Å². The van der Waals surface area contributed by atoms with Crippen molar-refractivity contribution in [3.05, 3.63) is 40.7 Å². The van der Waals surface area contributed by atoms with Crippen LogP contribution in [0, 0.1) is 0 Å². The Hall–Kier alpha value is -1.76. The van der Waals surface area contributed by atoms with Crippen LogP contribution in [0.25, 0.3) is 11.3 Å². The van der Waals surface area contributed by atoms with E-state index in [1.807, 2.05) is 18.2 Å². The van der Waals surface area contributed by atoms with Crippen molar-refractivity contribution < 1.29 is 14.3 Å². The zero-order valence-electron chi connectivity index (χ0n) is 12.7. The molecule has 120 valence electrons. The molecule has 2 aromatic rings. The number of hydrogen-bond donors (Lipinski definition) is 0. The standard InChI is InChI=1S/C17H18N2O3S/c20-17-14(6-8-22-17)19-7-9-21-15(10-19)16-18-13(11-23-16)12-4-2-1-3-5-12/h1-5,11,14-15H,6-10H2/t14-,15-/m0/s1. The topological polar surface area (TPSA) is 51.7 Å². The maximum atomic E-state index is 11.8. The van der Waals surface area contributed by atoms with Crippen molar-refractivity contribution in [2.45, 2.75) is 18.6 Å². The first-order valence-electron chi connectivity index (χ1n) is 7.84. The summed E-state index contributed by atoms with van der Waals surface area (Å²) < 4.78 is 11.0. The van der Waals surface area contributed by atoms with Gasteiger partial charge in [-0.15, -0.1) is 11.3 Å². The summed E-state index contributed by atoms with van der Waals surface area (Å²) in [6, 6.07) is 10.0. The molecule has 0 bridgehead atoms. The average molecular weight is 330 g/mol. The number of cyclic esters (lactones) is 1. The molecule has 2 saturated heterocycles. The molecule has 0 aliphatic carbocycles. The van der Waals surface area contributed by atoms with Gasteiger partial charge < -0.3 is 9.47 Å². The lowest BCUT2D eigenvalue weighted by molar-refractivity contribution is -0.144. The van der Waals surface area contributed by atoms with Gasteiger partial charge in [0.2, 0.25) is 0 Å². The van der Waals surface area contributed by atoms with Crippen molar-refractivity contribution >= 4 is 17.3 Å². The van der Waals surface area contributed by atoms with E-state index in [-0.39, 0.29) is 18.1 Å². The number of aromatic nitrogens is 1. The van der Waals surface area contributed by atoms with E-state index in [0.717, 1.165) is 29.2 Å². The number of carbonyl (C=O) groups excluding carboxylic acids is 1. The normalized spacial score (nSPS) is 25.5. The second kappa shape index (κ2) is 6.39. The highest BCUT2D eigenvalue weighted by Gasteiger charge is 2.36. The number of thiazole rings is 1. The van der Waals surface area contributed by atoms with Crippen molar-refractivity contribution in [3.8, 4) is 11.3 Å². The molecule has 0 amide bonds. The largest absolute Gasteiger partial charge is 0.464 e. The number of morpholine rings is 1. The minimum Gasteiger partial charge on any atom is -0.464 e. The molecule has 6 heteroatoms. The summed E-state index contributed by atoms with van der Waals surface area (Å²) >= 11 is 1.62. The van der Waals surface area contributed by atoms with Gasteiger partial charge in [-0.3, -0.25) is 9.69 Å². The van der Waals surface area contributed by atoms with Crippen molar-refractivity contribution in [1.29, 1.82) is 0 Å². The molecule has 0 saturated carbocycles. The van der Waals surface area contributed by atoms with Gasteiger partial charge in [-0.1, -0.05) is 30.3 Å². The van der Waals surface area contributed by atoms with Crippen LogP contribution < -0.4 is 0 Å². The molecule has 5 nitrogen and oxygen atoms in total. The maximum Gasteiger partial charge on any atom is 0.323 e. The second-order valence-corrected chi connectivity index (χ2v) is 6.65. The molecule has 2 aliphatic heterocycles. The molecule has 0 N–H and O–H groups in total. The molecule has 2 aliphatic rings. The van der Waals surface area contributed by atoms with Crippen molar-refractivity contribution in [3.63, 3.8) is 0 Å². The van der Waals surface area contributed by atoms with Crippen LogP contribution in [0.4, 0.5) is 0 Å². The van der Waals surface area contributed by atoms with E-state index < -0.39 is 0 Å². The molecular weight excluding hydrogens is 312 g/mol. The number of hydrogen-bond acceptors (Lipinski definition) is 6. The number of benzene rings is 1. The Morgan fingerprint density at radius 3 is 2.87 bits per heavy atom. The summed E-state index contributed by atoms with van der Waals surface area (Å²) in [5.74, 6) is -0.102. The number of nitrogens with zero attached hydrogens (tertiary/aromatic N) is 2. The van der Waals surface area contributed by atoms with Gasteiger partial charge in [0.1, 0.15) is 17.2 Å². The van der Waals surface area contributed by atoms with Gasteiger partial charge in [0.25, 0.3) is 0 Å². The van der Waals surface area contributed by atoms with E-state index in [9.17, 15) is 4.79 Å². The molecule has 4 rings (SSSR count). The van der Waals surface area contributed by atoms with Crippen molar-refractivity contribution in [2.24, 2.45) is 0 Å². The highest BCUT2D eigenvalue weighted by Crippen LogP contribution is 2.30. The Bertz CT molecular complexity index is 688. The van der Waals surface area contributed by atoms with Crippen LogP contribution in [0.1, 0.15) is 17.5 Å². The van der Waals surface area contributed by atoms with Crippen LogP contribution in [0.5, 0.6) is 0 Å². The van der Waals surface area contributed by atoms with Crippen LogP contribution in [0.2, 0.25) is 0 Å². The highest BCUT2D eigenvalue weighted by atomic mass is 32.1. The summed E-state index contributed by atoms with van der Waals surface area (Å²) in [6.07, 6.45) is 0.707. The van der Waals surface area contributed by atoms with E-state index in [2.05, 4.69) is 22.4 Å².